The third kappa shape index (κ3) is 3.85. The Labute approximate surface area is 103 Å². The van der Waals surface area contributed by atoms with E-state index in [-0.39, 0.29) is 24.1 Å². The summed E-state index contributed by atoms with van der Waals surface area (Å²) in [4.78, 5) is 11.6. The lowest BCUT2D eigenvalue weighted by Crippen LogP contribution is -2.48. The van der Waals surface area contributed by atoms with Crippen LogP contribution in [0.3, 0.4) is 0 Å². The van der Waals surface area contributed by atoms with E-state index in [2.05, 4.69) is 21.2 Å². The van der Waals surface area contributed by atoms with Crippen molar-refractivity contribution in [3.05, 3.63) is 22.6 Å². The first-order valence-corrected chi connectivity index (χ1v) is 5.01. The highest BCUT2D eigenvalue weighted by atomic mass is 79.9. The minimum absolute atomic E-state index is 0. The minimum atomic E-state index is -0.427. The highest BCUT2D eigenvalue weighted by molar-refractivity contribution is 9.10. The molecular weight excluding hydrogens is 283 g/mol. The first kappa shape index (κ1) is 14.5. The zero-order valence-corrected chi connectivity index (χ0v) is 10.9. The lowest BCUT2D eigenvalue weighted by Gasteiger charge is -2.23. The SMILES string of the molecule is CC(C)(CN)NC(=O)c1occc1Br.Cl. The van der Waals surface area contributed by atoms with Crippen molar-refractivity contribution >= 4 is 34.2 Å². The average Bonchev–Trinajstić information content (AvgIpc) is 2.51. The molecule has 0 fully saturated rings. The fourth-order valence-electron chi connectivity index (χ4n) is 0.871. The summed E-state index contributed by atoms with van der Waals surface area (Å²) in [6.07, 6.45) is 1.45. The second-order valence-corrected chi connectivity index (χ2v) is 4.49. The Bertz CT molecular complexity index is 339. The number of hydrogen-bond acceptors (Lipinski definition) is 3. The number of nitrogens with two attached hydrogens (primary N) is 1. The van der Waals surface area contributed by atoms with Crippen molar-refractivity contribution in [1.29, 1.82) is 0 Å². The van der Waals surface area contributed by atoms with Gasteiger partial charge in [0.1, 0.15) is 0 Å². The second kappa shape index (κ2) is 5.53. The van der Waals surface area contributed by atoms with E-state index in [9.17, 15) is 4.79 Å². The van der Waals surface area contributed by atoms with Crippen molar-refractivity contribution in [2.45, 2.75) is 19.4 Å². The summed E-state index contributed by atoms with van der Waals surface area (Å²) in [6.45, 7) is 4.07. The molecule has 1 aromatic heterocycles. The van der Waals surface area contributed by atoms with Gasteiger partial charge in [0.25, 0.3) is 5.91 Å². The summed E-state index contributed by atoms with van der Waals surface area (Å²) < 4.78 is 5.66. The molecule has 0 aliphatic carbocycles. The molecule has 0 aromatic carbocycles. The predicted octanol–water partition coefficient (Wildman–Crippen LogP) is 1.93. The molecule has 0 bridgehead atoms. The highest BCUT2D eigenvalue weighted by Gasteiger charge is 2.22. The lowest BCUT2D eigenvalue weighted by molar-refractivity contribution is 0.0886. The first-order valence-electron chi connectivity index (χ1n) is 4.22. The Kier molecular flexibility index (Phi) is 5.34. The molecule has 0 spiro atoms. The number of hydrogen-bond donors (Lipinski definition) is 2. The molecule has 4 nitrogen and oxygen atoms in total. The van der Waals surface area contributed by atoms with Crippen LogP contribution in [0.15, 0.2) is 21.2 Å². The maximum absolute atomic E-state index is 11.6. The summed E-state index contributed by atoms with van der Waals surface area (Å²) >= 11 is 3.21. The van der Waals surface area contributed by atoms with Gasteiger partial charge in [-0.2, -0.15) is 0 Å². The molecule has 1 heterocycles. The van der Waals surface area contributed by atoms with Gasteiger partial charge in [-0.15, -0.1) is 12.4 Å². The standard InChI is InChI=1S/C9H13BrN2O2.ClH/c1-9(2,5-11)12-8(13)7-6(10)3-4-14-7;/h3-4H,5,11H2,1-2H3,(H,12,13);1H. The summed E-state index contributed by atoms with van der Waals surface area (Å²) in [6, 6.07) is 1.67. The Hall–Kier alpha value is -0.520. The maximum Gasteiger partial charge on any atom is 0.288 e. The van der Waals surface area contributed by atoms with Crippen molar-refractivity contribution in [3.8, 4) is 0 Å². The molecule has 0 aliphatic rings. The van der Waals surface area contributed by atoms with Crippen LogP contribution in [0, 0.1) is 0 Å². The number of nitrogens with one attached hydrogen (secondary N) is 1. The van der Waals surface area contributed by atoms with E-state index in [1.54, 1.807) is 6.07 Å². The van der Waals surface area contributed by atoms with Gasteiger partial charge in [-0.3, -0.25) is 4.79 Å². The molecule has 15 heavy (non-hydrogen) atoms. The first-order chi connectivity index (χ1) is 6.46. The van der Waals surface area contributed by atoms with Gasteiger partial charge in [0.15, 0.2) is 0 Å². The summed E-state index contributed by atoms with van der Waals surface area (Å²) in [7, 11) is 0. The highest BCUT2D eigenvalue weighted by Crippen LogP contribution is 2.17. The van der Waals surface area contributed by atoms with Gasteiger partial charge in [0.05, 0.1) is 10.7 Å². The van der Waals surface area contributed by atoms with E-state index in [1.807, 2.05) is 13.8 Å². The van der Waals surface area contributed by atoms with E-state index < -0.39 is 5.54 Å². The largest absolute Gasteiger partial charge is 0.458 e. The van der Waals surface area contributed by atoms with E-state index in [0.29, 0.717) is 11.0 Å². The van der Waals surface area contributed by atoms with Gasteiger partial charge >= 0.3 is 0 Å². The van der Waals surface area contributed by atoms with Crippen LogP contribution in [0.1, 0.15) is 24.4 Å². The topological polar surface area (TPSA) is 68.3 Å². The Morgan fingerprint density at radius 1 is 1.67 bits per heavy atom. The van der Waals surface area contributed by atoms with E-state index in [0.717, 1.165) is 0 Å². The number of rotatable bonds is 3. The van der Waals surface area contributed by atoms with Gasteiger partial charge < -0.3 is 15.5 Å². The van der Waals surface area contributed by atoms with E-state index >= 15 is 0 Å². The van der Waals surface area contributed by atoms with Gasteiger partial charge in [-0.1, -0.05) is 0 Å². The van der Waals surface area contributed by atoms with Crippen LogP contribution in [0.5, 0.6) is 0 Å². The van der Waals surface area contributed by atoms with Crippen molar-refractivity contribution in [1.82, 2.24) is 5.32 Å². The normalized spacial score (nSPS) is 10.7. The summed E-state index contributed by atoms with van der Waals surface area (Å²) in [5.41, 5.74) is 5.06. The van der Waals surface area contributed by atoms with Crippen LogP contribution in [0.2, 0.25) is 0 Å². The molecule has 1 aromatic rings. The van der Waals surface area contributed by atoms with Crippen molar-refractivity contribution in [2.75, 3.05) is 6.54 Å². The van der Waals surface area contributed by atoms with Crippen LogP contribution in [0.4, 0.5) is 0 Å². The fraction of sp³-hybridized carbons (Fsp3) is 0.444. The molecule has 0 saturated carbocycles. The van der Waals surface area contributed by atoms with Crippen LogP contribution >= 0.6 is 28.3 Å². The molecule has 1 amide bonds. The number of halogens is 2. The Morgan fingerprint density at radius 3 is 2.67 bits per heavy atom. The van der Waals surface area contributed by atoms with Gasteiger partial charge in [-0.25, -0.2) is 0 Å². The maximum atomic E-state index is 11.6. The average molecular weight is 298 g/mol. The molecule has 3 N–H and O–H groups in total. The molecule has 1 rings (SSSR count). The van der Waals surface area contributed by atoms with Crippen molar-refractivity contribution in [3.63, 3.8) is 0 Å². The van der Waals surface area contributed by atoms with Crippen molar-refractivity contribution < 1.29 is 9.21 Å². The van der Waals surface area contributed by atoms with Gasteiger partial charge in [-0.05, 0) is 35.8 Å². The molecule has 0 aliphatic heterocycles. The minimum Gasteiger partial charge on any atom is -0.458 e. The van der Waals surface area contributed by atoms with Crippen molar-refractivity contribution in [2.24, 2.45) is 5.73 Å². The quantitative estimate of drug-likeness (QED) is 0.896. The summed E-state index contributed by atoms with van der Waals surface area (Å²) in [5.74, 6) is 0.00356. The van der Waals surface area contributed by atoms with Crippen LogP contribution in [-0.4, -0.2) is 18.0 Å². The number of carbonyl (C=O) groups is 1. The molecule has 0 atom stereocenters. The Balaban J connectivity index is 0.00000196. The fourth-order valence-corrected chi connectivity index (χ4v) is 1.25. The lowest BCUT2D eigenvalue weighted by atomic mass is 10.1. The number of amides is 1. The zero-order chi connectivity index (χ0) is 10.8. The second-order valence-electron chi connectivity index (χ2n) is 3.64. The smallest absolute Gasteiger partial charge is 0.288 e. The van der Waals surface area contributed by atoms with Crippen LogP contribution in [-0.2, 0) is 0 Å². The van der Waals surface area contributed by atoms with E-state index in [1.165, 1.54) is 6.26 Å². The molecule has 0 radical (unpaired) electrons. The predicted molar refractivity (Wildman–Crippen MR) is 64.3 cm³/mol. The summed E-state index contributed by atoms with van der Waals surface area (Å²) in [5, 5.41) is 2.76. The number of furan rings is 1. The Morgan fingerprint density at radius 2 is 2.27 bits per heavy atom. The van der Waals surface area contributed by atoms with Gasteiger partial charge in [0, 0.05) is 12.1 Å². The third-order valence-electron chi connectivity index (χ3n) is 1.79. The van der Waals surface area contributed by atoms with Crippen LogP contribution in [0.25, 0.3) is 0 Å². The monoisotopic (exact) mass is 296 g/mol. The molecule has 6 heteroatoms. The third-order valence-corrected chi connectivity index (χ3v) is 2.41. The molecule has 0 saturated heterocycles. The molecule has 86 valence electrons. The molecule has 0 unspecified atom stereocenters. The molecular formula is C9H14BrClN2O2. The van der Waals surface area contributed by atoms with E-state index in [4.69, 9.17) is 10.2 Å². The number of carbonyl (C=O) groups excluding carboxylic acids is 1. The van der Waals surface area contributed by atoms with Gasteiger partial charge in [0.2, 0.25) is 5.76 Å². The zero-order valence-electron chi connectivity index (χ0n) is 8.54. The van der Waals surface area contributed by atoms with Crippen LogP contribution < -0.4 is 11.1 Å².